The van der Waals surface area contributed by atoms with Crippen LogP contribution < -0.4 is 11.1 Å². The molecule has 1 N–H and O–H groups in total. The Balaban J connectivity index is 1.62. The molecule has 134 valence electrons. The number of hydrazone groups is 1. The van der Waals surface area contributed by atoms with Crippen LogP contribution in [0.2, 0.25) is 0 Å². The fraction of sp³-hybridized carbons (Fsp3) is 0. The zero-order valence-electron chi connectivity index (χ0n) is 13.6. The molecule has 0 saturated heterocycles. The molecule has 0 atom stereocenters. The Hall–Kier alpha value is -2.29. The summed E-state index contributed by atoms with van der Waals surface area (Å²) in [7, 11) is 0. The summed E-state index contributed by atoms with van der Waals surface area (Å²) in [4.78, 5) is 16.8. The van der Waals surface area contributed by atoms with Gasteiger partial charge in [-0.05, 0) is 39.7 Å². The van der Waals surface area contributed by atoms with Gasteiger partial charge in [0.25, 0.3) is 0 Å². The van der Waals surface area contributed by atoms with Crippen molar-refractivity contribution in [2.75, 3.05) is 5.43 Å². The van der Waals surface area contributed by atoms with E-state index in [-0.39, 0.29) is 0 Å². The van der Waals surface area contributed by atoms with Crippen LogP contribution in [-0.2, 0) is 0 Å². The van der Waals surface area contributed by atoms with Crippen LogP contribution in [0.5, 0.6) is 0 Å². The zero-order chi connectivity index (χ0) is 18.8. The maximum absolute atomic E-state index is 12.4. The number of benzene rings is 2. The molecule has 8 heteroatoms. The zero-order valence-corrected chi connectivity index (χ0v) is 17.6. The van der Waals surface area contributed by atoms with Crippen LogP contribution in [0.1, 0.15) is 5.56 Å². The molecular weight excluding hydrogens is 494 g/mol. The number of rotatable bonds is 4. The average molecular weight is 505 g/mol. The Kier molecular flexibility index (Phi) is 5.20. The lowest BCUT2D eigenvalue weighted by molar-refractivity contribution is 0.561. The average Bonchev–Trinajstić information content (AvgIpc) is 3.11. The van der Waals surface area contributed by atoms with Gasteiger partial charge in [0.05, 0.1) is 21.9 Å². The number of hydrogen-bond donors (Lipinski definition) is 1. The van der Waals surface area contributed by atoms with E-state index in [1.807, 2.05) is 42.5 Å². The molecule has 0 amide bonds. The van der Waals surface area contributed by atoms with Crippen molar-refractivity contribution in [1.82, 2.24) is 4.98 Å². The smallest absolute Gasteiger partial charge is 0.345 e. The molecule has 0 fully saturated rings. The summed E-state index contributed by atoms with van der Waals surface area (Å²) in [5, 5.41) is 7.36. The lowest BCUT2D eigenvalue weighted by Crippen LogP contribution is -2.03. The predicted molar refractivity (Wildman–Crippen MR) is 117 cm³/mol. The summed E-state index contributed by atoms with van der Waals surface area (Å²) < 4.78 is 7.07. The monoisotopic (exact) mass is 503 g/mol. The van der Waals surface area contributed by atoms with E-state index in [1.54, 1.807) is 17.7 Å². The normalized spacial score (nSPS) is 11.3. The minimum Gasteiger partial charge on any atom is -0.421 e. The molecule has 0 saturated carbocycles. The highest BCUT2D eigenvalue weighted by Gasteiger charge is 2.13. The van der Waals surface area contributed by atoms with E-state index in [1.165, 1.54) is 11.3 Å². The molecular formula is C19H11Br2N3O2S. The summed E-state index contributed by atoms with van der Waals surface area (Å²) in [5.74, 6) is 0. The molecule has 2 heterocycles. The number of anilines is 1. The largest absolute Gasteiger partial charge is 0.421 e. The molecule has 4 rings (SSSR count). The third-order valence-corrected chi connectivity index (χ3v) is 5.50. The van der Waals surface area contributed by atoms with E-state index < -0.39 is 5.63 Å². The van der Waals surface area contributed by atoms with Gasteiger partial charge in [-0.1, -0.05) is 46.3 Å². The van der Waals surface area contributed by atoms with Crippen molar-refractivity contribution in [3.63, 3.8) is 0 Å². The molecule has 27 heavy (non-hydrogen) atoms. The third kappa shape index (κ3) is 4.02. The first-order valence-corrected chi connectivity index (χ1v) is 10.3. The highest BCUT2D eigenvalue weighted by molar-refractivity contribution is 9.11. The quantitative estimate of drug-likeness (QED) is 0.214. The first-order valence-electron chi connectivity index (χ1n) is 7.83. The number of thiazole rings is 1. The number of halogens is 2. The second-order valence-corrected chi connectivity index (χ2v) is 8.20. The van der Waals surface area contributed by atoms with Crippen molar-refractivity contribution < 1.29 is 4.42 Å². The molecule has 0 aliphatic heterocycles. The molecule has 5 nitrogen and oxygen atoms in total. The molecule has 2 aromatic heterocycles. The van der Waals surface area contributed by atoms with E-state index in [2.05, 4.69) is 47.4 Å². The van der Waals surface area contributed by atoms with Crippen LogP contribution >= 0.6 is 43.2 Å². The first kappa shape index (κ1) is 18.1. The summed E-state index contributed by atoms with van der Waals surface area (Å²) in [6.45, 7) is 0. The van der Waals surface area contributed by atoms with Gasteiger partial charge < -0.3 is 4.42 Å². The highest BCUT2D eigenvalue weighted by atomic mass is 79.9. The summed E-state index contributed by atoms with van der Waals surface area (Å²) in [6, 6.07) is 15.2. The van der Waals surface area contributed by atoms with Crippen molar-refractivity contribution >= 4 is 65.5 Å². The van der Waals surface area contributed by atoms with Gasteiger partial charge in [0.1, 0.15) is 0 Å². The standard InChI is InChI=1S/C19H11Br2N3O2S/c20-13-6-12-7-14(18(25)26-17(12)15(21)8-13)16-10-27-19(23-16)24-22-9-11-4-2-1-3-5-11/h1-10H,(H,23,24)/b22-9+. The maximum Gasteiger partial charge on any atom is 0.345 e. The molecule has 4 aromatic rings. The minimum atomic E-state index is -0.435. The van der Waals surface area contributed by atoms with Crippen molar-refractivity contribution in [3.8, 4) is 11.3 Å². The molecule has 0 bridgehead atoms. The SMILES string of the molecule is O=c1oc2c(Br)cc(Br)cc2cc1-c1csc(N/N=C/c2ccccc2)n1. The molecule has 0 spiro atoms. The molecule has 0 aliphatic rings. The number of aromatic nitrogens is 1. The Morgan fingerprint density at radius 3 is 2.78 bits per heavy atom. The fourth-order valence-electron chi connectivity index (χ4n) is 2.49. The van der Waals surface area contributed by atoms with Gasteiger partial charge in [-0.15, -0.1) is 11.3 Å². The fourth-order valence-corrected chi connectivity index (χ4v) is 4.48. The van der Waals surface area contributed by atoms with Gasteiger partial charge in [-0.25, -0.2) is 9.78 Å². The third-order valence-electron chi connectivity index (χ3n) is 3.71. The molecule has 0 aliphatic carbocycles. The Bertz CT molecular complexity index is 1200. The van der Waals surface area contributed by atoms with Crippen LogP contribution in [0.25, 0.3) is 22.2 Å². The Labute approximate surface area is 175 Å². The lowest BCUT2D eigenvalue weighted by atomic mass is 10.1. The van der Waals surface area contributed by atoms with E-state index in [0.29, 0.717) is 26.4 Å². The van der Waals surface area contributed by atoms with Crippen LogP contribution in [0.4, 0.5) is 5.13 Å². The van der Waals surface area contributed by atoms with Gasteiger partial charge in [-0.2, -0.15) is 5.10 Å². The second-order valence-electron chi connectivity index (χ2n) is 5.57. The number of fused-ring (bicyclic) bond motifs is 1. The number of nitrogens with one attached hydrogen (secondary N) is 1. The van der Waals surface area contributed by atoms with Gasteiger partial charge >= 0.3 is 5.63 Å². The lowest BCUT2D eigenvalue weighted by Gasteiger charge is -2.03. The number of nitrogens with zero attached hydrogens (tertiary/aromatic N) is 2. The van der Waals surface area contributed by atoms with Crippen molar-refractivity contribution in [2.24, 2.45) is 5.10 Å². The van der Waals surface area contributed by atoms with Crippen molar-refractivity contribution in [1.29, 1.82) is 0 Å². The van der Waals surface area contributed by atoms with Crippen molar-refractivity contribution in [3.05, 3.63) is 78.8 Å². The van der Waals surface area contributed by atoms with Crippen LogP contribution in [0.15, 0.2) is 77.2 Å². The predicted octanol–water partition coefficient (Wildman–Crippen LogP) is 5.89. The topological polar surface area (TPSA) is 67.5 Å². The second kappa shape index (κ2) is 7.75. The molecule has 2 aromatic carbocycles. The van der Waals surface area contributed by atoms with Crippen molar-refractivity contribution in [2.45, 2.75) is 0 Å². The molecule has 0 unspecified atom stereocenters. The van der Waals surface area contributed by atoms with E-state index in [4.69, 9.17) is 4.42 Å². The Morgan fingerprint density at radius 1 is 1.15 bits per heavy atom. The maximum atomic E-state index is 12.4. The van der Waals surface area contributed by atoms with E-state index in [0.717, 1.165) is 15.4 Å². The summed E-state index contributed by atoms with van der Waals surface area (Å²) >= 11 is 8.22. The summed E-state index contributed by atoms with van der Waals surface area (Å²) in [5.41, 5.74) is 4.89. The van der Waals surface area contributed by atoms with Gasteiger partial charge in [0.2, 0.25) is 5.13 Å². The highest BCUT2D eigenvalue weighted by Crippen LogP contribution is 2.31. The van der Waals surface area contributed by atoms with E-state index in [9.17, 15) is 4.79 Å². The van der Waals surface area contributed by atoms with Gasteiger partial charge in [0, 0.05) is 15.2 Å². The minimum absolute atomic E-state index is 0.406. The molecule has 0 radical (unpaired) electrons. The van der Waals surface area contributed by atoms with E-state index >= 15 is 0 Å². The Morgan fingerprint density at radius 2 is 1.96 bits per heavy atom. The first-order chi connectivity index (χ1) is 13.1. The van der Waals surface area contributed by atoms with Gasteiger partial charge in [0.15, 0.2) is 5.58 Å². The van der Waals surface area contributed by atoms with Crippen LogP contribution in [-0.4, -0.2) is 11.2 Å². The number of hydrogen-bond acceptors (Lipinski definition) is 6. The van der Waals surface area contributed by atoms with Gasteiger partial charge in [-0.3, -0.25) is 5.43 Å². The van der Waals surface area contributed by atoms with Crippen LogP contribution in [0, 0.1) is 0 Å². The van der Waals surface area contributed by atoms with Crippen LogP contribution in [0.3, 0.4) is 0 Å². The summed E-state index contributed by atoms with van der Waals surface area (Å²) in [6.07, 6.45) is 1.71.